The van der Waals surface area contributed by atoms with Gasteiger partial charge in [-0.05, 0) is 37.0 Å². The zero-order valence-electron chi connectivity index (χ0n) is 19.4. The molecule has 2 saturated heterocycles. The number of piperazine rings is 1. The predicted octanol–water partition coefficient (Wildman–Crippen LogP) is 0.595. The molecular weight excluding hydrogens is 410 g/mol. The number of benzene rings is 1. The zero-order chi connectivity index (χ0) is 22.9. The first-order chi connectivity index (χ1) is 15.5. The van der Waals surface area contributed by atoms with Gasteiger partial charge in [-0.1, -0.05) is 12.1 Å². The van der Waals surface area contributed by atoms with Crippen LogP contribution in [0.5, 0.6) is 5.75 Å². The van der Waals surface area contributed by atoms with Crippen LogP contribution in [0.2, 0.25) is 0 Å². The van der Waals surface area contributed by atoms with Crippen LogP contribution in [0.4, 0.5) is 0 Å². The number of rotatable bonds is 7. The number of nitrogens with one attached hydrogen (secondary N) is 1. The third-order valence-corrected chi connectivity index (χ3v) is 5.81. The van der Waals surface area contributed by atoms with E-state index >= 15 is 0 Å². The van der Waals surface area contributed by atoms with Crippen molar-refractivity contribution in [3.63, 3.8) is 0 Å². The van der Waals surface area contributed by atoms with Crippen molar-refractivity contribution in [2.24, 2.45) is 4.99 Å². The summed E-state index contributed by atoms with van der Waals surface area (Å²) in [6.07, 6.45) is 2.30. The molecule has 32 heavy (non-hydrogen) atoms. The molecule has 1 aromatic rings. The molecule has 0 bridgehead atoms. The molecule has 9 heteroatoms. The van der Waals surface area contributed by atoms with Crippen molar-refractivity contribution < 1.29 is 19.1 Å². The molecule has 1 unspecified atom stereocenters. The van der Waals surface area contributed by atoms with Gasteiger partial charge in [-0.25, -0.2) is 4.99 Å². The molecule has 0 aromatic heterocycles. The van der Waals surface area contributed by atoms with Crippen molar-refractivity contribution in [1.82, 2.24) is 20.0 Å². The summed E-state index contributed by atoms with van der Waals surface area (Å²) < 4.78 is 10.8. The van der Waals surface area contributed by atoms with E-state index in [1.807, 2.05) is 29.2 Å². The third-order valence-electron chi connectivity index (χ3n) is 5.81. The van der Waals surface area contributed by atoms with Gasteiger partial charge in [0, 0.05) is 53.4 Å². The average molecular weight is 446 g/mol. The lowest BCUT2D eigenvalue weighted by Gasteiger charge is -2.37. The molecule has 2 amide bonds. The summed E-state index contributed by atoms with van der Waals surface area (Å²) in [5.74, 6) is 1.59. The number of amides is 2. The van der Waals surface area contributed by atoms with Gasteiger partial charge in [0.25, 0.3) is 5.91 Å². The first kappa shape index (κ1) is 23.8. The van der Waals surface area contributed by atoms with E-state index in [1.165, 1.54) is 10.5 Å². The molecule has 2 fully saturated rings. The third kappa shape index (κ3) is 6.59. The SMILES string of the molecule is COc1ccc(CCNC(=NCC(=O)N(C)C)N2CCN(C(=O)C3CCCO3)CC2)cc1. The van der Waals surface area contributed by atoms with Crippen LogP contribution in [0.15, 0.2) is 29.3 Å². The zero-order valence-corrected chi connectivity index (χ0v) is 19.4. The van der Waals surface area contributed by atoms with Gasteiger partial charge >= 0.3 is 0 Å². The number of likely N-dealkylation sites (N-methyl/N-ethyl adjacent to an activating group) is 1. The number of aliphatic imine (C=N–C) groups is 1. The largest absolute Gasteiger partial charge is 0.497 e. The second-order valence-corrected chi connectivity index (χ2v) is 8.27. The summed E-state index contributed by atoms with van der Waals surface area (Å²) in [7, 11) is 5.11. The molecule has 0 spiro atoms. The van der Waals surface area contributed by atoms with Crippen LogP contribution in [0.25, 0.3) is 0 Å². The molecule has 9 nitrogen and oxygen atoms in total. The van der Waals surface area contributed by atoms with E-state index in [2.05, 4.69) is 15.2 Å². The van der Waals surface area contributed by atoms with Crippen molar-refractivity contribution in [3.05, 3.63) is 29.8 Å². The Balaban J connectivity index is 1.56. The van der Waals surface area contributed by atoms with Crippen molar-refractivity contribution in [3.8, 4) is 5.75 Å². The fourth-order valence-corrected chi connectivity index (χ4v) is 3.78. The molecule has 1 aromatic carbocycles. The van der Waals surface area contributed by atoms with Crippen LogP contribution in [-0.2, 0) is 20.7 Å². The summed E-state index contributed by atoms with van der Waals surface area (Å²) in [5, 5.41) is 3.41. The second-order valence-electron chi connectivity index (χ2n) is 8.27. The van der Waals surface area contributed by atoms with Gasteiger partial charge in [-0.15, -0.1) is 0 Å². The van der Waals surface area contributed by atoms with E-state index in [-0.39, 0.29) is 24.5 Å². The Kier molecular flexibility index (Phi) is 8.72. The van der Waals surface area contributed by atoms with Crippen LogP contribution in [0.3, 0.4) is 0 Å². The number of hydrogen-bond donors (Lipinski definition) is 1. The van der Waals surface area contributed by atoms with Gasteiger partial charge in [0.05, 0.1) is 7.11 Å². The highest BCUT2D eigenvalue weighted by Crippen LogP contribution is 2.16. The molecule has 2 aliphatic rings. The normalized spacial score (nSPS) is 19.1. The van der Waals surface area contributed by atoms with E-state index in [0.29, 0.717) is 45.3 Å². The van der Waals surface area contributed by atoms with Crippen LogP contribution in [0.1, 0.15) is 18.4 Å². The minimum absolute atomic E-state index is 0.0494. The maximum Gasteiger partial charge on any atom is 0.251 e. The summed E-state index contributed by atoms with van der Waals surface area (Å²) in [6, 6.07) is 7.99. The number of hydrogen-bond acceptors (Lipinski definition) is 5. The van der Waals surface area contributed by atoms with E-state index in [4.69, 9.17) is 9.47 Å². The minimum Gasteiger partial charge on any atom is -0.497 e. The highest BCUT2D eigenvalue weighted by Gasteiger charge is 2.31. The number of carbonyl (C=O) groups is 2. The van der Waals surface area contributed by atoms with Gasteiger partial charge in [-0.2, -0.15) is 0 Å². The number of ether oxygens (including phenoxy) is 2. The van der Waals surface area contributed by atoms with Crippen molar-refractivity contribution in [2.75, 3.05) is 67.1 Å². The molecule has 1 atom stereocenters. The molecule has 0 radical (unpaired) electrons. The predicted molar refractivity (Wildman–Crippen MR) is 123 cm³/mol. The van der Waals surface area contributed by atoms with Crippen molar-refractivity contribution in [2.45, 2.75) is 25.4 Å². The molecule has 2 aliphatic heterocycles. The fraction of sp³-hybridized carbons (Fsp3) is 0.609. The summed E-state index contributed by atoms with van der Waals surface area (Å²) >= 11 is 0. The quantitative estimate of drug-likeness (QED) is 0.489. The number of nitrogens with zero attached hydrogens (tertiary/aromatic N) is 4. The minimum atomic E-state index is -0.282. The summed E-state index contributed by atoms with van der Waals surface area (Å²) in [6.45, 7) is 4.04. The Morgan fingerprint density at radius 1 is 1.16 bits per heavy atom. The maximum atomic E-state index is 12.6. The van der Waals surface area contributed by atoms with Gasteiger partial charge in [-0.3, -0.25) is 9.59 Å². The van der Waals surface area contributed by atoms with E-state index in [0.717, 1.165) is 25.0 Å². The first-order valence-corrected chi connectivity index (χ1v) is 11.2. The number of guanidine groups is 1. The van der Waals surface area contributed by atoms with Crippen molar-refractivity contribution in [1.29, 1.82) is 0 Å². The molecule has 0 aliphatic carbocycles. The Morgan fingerprint density at radius 3 is 2.44 bits per heavy atom. The first-order valence-electron chi connectivity index (χ1n) is 11.2. The van der Waals surface area contributed by atoms with Crippen LogP contribution in [0, 0.1) is 0 Å². The fourth-order valence-electron chi connectivity index (χ4n) is 3.78. The molecule has 2 heterocycles. The van der Waals surface area contributed by atoms with Gasteiger partial charge < -0.3 is 29.5 Å². The Labute approximate surface area is 190 Å². The lowest BCUT2D eigenvalue weighted by molar-refractivity contribution is -0.142. The second kappa shape index (κ2) is 11.7. The van der Waals surface area contributed by atoms with E-state index in [9.17, 15) is 9.59 Å². The Hall–Kier alpha value is -2.81. The van der Waals surface area contributed by atoms with Crippen molar-refractivity contribution >= 4 is 17.8 Å². The smallest absolute Gasteiger partial charge is 0.251 e. The number of methoxy groups -OCH3 is 1. The highest BCUT2D eigenvalue weighted by atomic mass is 16.5. The Bertz CT molecular complexity index is 782. The van der Waals surface area contributed by atoms with E-state index in [1.54, 1.807) is 21.2 Å². The molecule has 0 saturated carbocycles. The lowest BCUT2D eigenvalue weighted by Crippen LogP contribution is -2.55. The van der Waals surface area contributed by atoms with E-state index < -0.39 is 0 Å². The van der Waals surface area contributed by atoms with Crippen LogP contribution in [-0.4, -0.2) is 106 Å². The molecule has 176 valence electrons. The lowest BCUT2D eigenvalue weighted by atomic mass is 10.1. The summed E-state index contributed by atoms with van der Waals surface area (Å²) in [5.41, 5.74) is 1.19. The molecule has 1 N–H and O–H groups in total. The average Bonchev–Trinajstić information content (AvgIpc) is 3.36. The van der Waals surface area contributed by atoms with Gasteiger partial charge in [0.1, 0.15) is 18.4 Å². The van der Waals surface area contributed by atoms with Gasteiger partial charge in [0.2, 0.25) is 5.91 Å². The monoisotopic (exact) mass is 445 g/mol. The topological polar surface area (TPSA) is 86.7 Å². The number of carbonyl (C=O) groups excluding carboxylic acids is 2. The molecule has 3 rings (SSSR count). The standard InChI is InChI=1S/C23H35N5O4/c1-26(2)21(29)17-25-23(24-11-10-18-6-8-19(31-3)9-7-18)28-14-12-27(13-15-28)22(30)20-5-4-16-32-20/h6-9,20H,4-5,10-17H2,1-3H3,(H,24,25). The van der Waals surface area contributed by atoms with Crippen LogP contribution < -0.4 is 10.1 Å². The highest BCUT2D eigenvalue weighted by molar-refractivity contribution is 5.85. The summed E-state index contributed by atoms with van der Waals surface area (Å²) in [4.78, 5) is 34.8. The van der Waals surface area contributed by atoms with Gasteiger partial charge in [0.15, 0.2) is 5.96 Å². The molecular formula is C23H35N5O4. The van der Waals surface area contributed by atoms with Crippen LogP contribution >= 0.6 is 0 Å². The maximum absolute atomic E-state index is 12.6. The Morgan fingerprint density at radius 2 is 1.84 bits per heavy atom.